The summed E-state index contributed by atoms with van der Waals surface area (Å²) in [6.07, 6.45) is 4.20. The van der Waals surface area contributed by atoms with Gasteiger partial charge in [-0.25, -0.2) is 0 Å². The Balaban J connectivity index is 1.23. The summed E-state index contributed by atoms with van der Waals surface area (Å²) in [5.41, 5.74) is 1.99. The van der Waals surface area contributed by atoms with Crippen molar-refractivity contribution in [3.05, 3.63) is 66.1 Å². The third-order valence-corrected chi connectivity index (χ3v) is 7.25. The van der Waals surface area contributed by atoms with Crippen molar-refractivity contribution in [2.75, 3.05) is 14.1 Å². The van der Waals surface area contributed by atoms with E-state index >= 15 is 0 Å². The highest BCUT2D eigenvalue weighted by atomic mass is 19.4. The van der Waals surface area contributed by atoms with Crippen LogP contribution in [0.2, 0.25) is 0 Å². The van der Waals surface area contributed by atoms with E-state index in [0.717, 1.165) is 18.8 Å². The number of rotatable bonds is 10. The van der Waals surface area contributed by atoms with E-state index in [2.05, 4.69) is 64.2 Å². The monoisotopic (exact) mass is 501 g/mol. The number of benzene rings is 2. The molecule has 0 N–H and O–H groups in total. The van der Waals surface area contributed by atoms with Gasteiger partial charge in [0.15, 0.2) is 0 Å². The van der Waals surface area contributed by atoms with Crippen LogP contribution in [0.3, 0.4) is 0 Å². The lowest BCUT2D eigenvalue weighted by Gasteiger charge is -2.37. The Kier molecular flexibility index (Phi) is 8.67. The number of aromatic nitrogens is 2. The molecule has 1 aliphatic rings. The smallest absolute Gasteiger partial charge is 0.406 e. The standard InChI is InChI=1S/C28H34F3N3O2/c1-34(2)25(18-10-20-6-4-3-5-7-20)22-12-8-21(9-13-22)11-19-26-32-27(33-36-26)23-14-16-24(17-15-23)35-28(29,30)31/h3-7,14-17,21-22,25H,8-13,18-19H2,1-2H3. The van der Waals surface area contributed by atoms with E-state index in [1.165, 1.54) is 61.9 Å². The molecular formula is C28H34F3N3O2. The van der Waals surface area contributed by atoms with Gasteiger partial charge in [-0.1, -0.05) is 48.3 Å². The third kappa shape index (κ3) is 7.56. The number of ether oxygens (including phenoxy) is 1. The van der Waals surface area contributed by atoms with Crippen LogP contribution in [-0.4, -0.2) is 41.5 Å². The first-order chi connectivity index (χ1) is 17.3. The van der Waals surface area contributed by atoms with Crippen LogP contribution in [0.1, 0.15) is 50.0 Å². The molecule has 0 aliphatic heterocycles. The molecule has 194 valence electrons. The van der Waals surface area contributed by atoms with Crippen molar-refractivity contribution in [3.63, 3.8) is 0 Å². The third-order valence-electron chi connectivity index (χ3n) is 7.25. The van der Waals surface area contributed by atoms with Crippen LogP contribution in [0.5, 0.6) is 5.75 Å². The second kappa shape index (κ2) is 11.9. The Hall–Kier alpha value is -2.87. The van der Waals surface area contributed by atoms with Gasteiger partial charge in [0.25, 0.3) is 0 Å². The first-order valence-electron chi connectivity index (χ1n) is 12.7. The molecule has 0 saturated heterocycles. The molecule has 4 rings (SSSR count). The summed E-state index contributed by atoms with van der Waals surface area (Å²) in [6, 6.07) is 16.8. The van der Waals surface area contributed by atoms with Crippen molar-refractivity contribution >= 4 is 0 Å². The maximum absolute atomic E-state index is 12.3. The Bertz CT molecular complexity index is 1060. The quantitative estimate of drug-likeness (QED) is 0.301. The molecule has 8 heteroatoms. The van der Waals surface area contributed by atoms with Gasteiger partial charge >= 0.3 is 6.36 Å². The molecule has 0 bridgehead atoms. The molecule has 1 atom stereocenters. The number of halogens is 3. The summed E-state index contributed by atoms with van der Waals surface area (Å²) in [4.78, 5) is 6.84. The lowest BCUT2D eigenvalue weighted by atomic mass is 9.75. The average molecular weight is 502 g/mol. The number of aryl methyl sites for hydroxylation is 2. The molecule has 36 heavy (non-hydrogen) atoms. The molecule has 1 saturated carbocycles. The molecule has 1 aromatic heterocycles. The molecule has 1 aliphatic carbocycles. The zero-order chi connectivity index (χ0) is 25.5. The minimum absolute atomic E-state index is 0.276. The fraction of sp³-hybridized carbons (Fsp3) is 0.500. The van der Waals surface area contributed by atoms with Gasteiger partial charge in [-0.05, 0) is 87.9 Å². The van der Waals surface area contributed by atoms with Gasteiger partial charge < -0.3 is 14.2 Å². The van der Waals surface area contributed by atoms with Crippen LogP contribution in [0.4, 0.5) is 13.2 Å². The van der Waals surface area contributed by atoms with Crippen LogP contribution < -0.4 is 4.74 Å². The van der Waals surface area contributed by atoms with Gasteiger partial charge in [-0.2, -0.15) is 4.98 Å². The van der Waals surface area contributed by atoms with E-state index in [-0.39, 0.29) is 5.75 Å². The van der Waals surface area contributed by atoms with E-state index < -0.39 is 6.36 Å². The van der Waals surface area contributed by atoms with Crippen molar-refractivity contribution in [1.29, 1.82) is 0 Å². The Morgan fingerprint density at radius 1 is 0.972 bits per heavy atom. The lowest BCUT2D eigenvalue weighted by Crippen LogP contribution is -2.37. The maximum atomic E-state index is 12.3. The fourth-order valence-electron chi connectivity index (χ4n) is 5.34. The molecule has 5 nitrogen and oxygen atoms in total. The largest absolute Gasteiger partial charge is 0.573 e. The van der Waals surface area contributed by atoms with E-state index in [1.807, 2.05) is 0 Å². The van der Waals surface area contributed by atoms with Crippen molar-refractivity contribution in [2.45, 2.75) is 63.8 Å². The van der Waals surface area contributed by atoms with E-state index in [0.29, 0.717) is 35.7 Å². The normalized spacial score (nSPS) is 19.4. The minimum atomic E-state index is -4.71. The highest BCUT2D eigenvalue weighted by Crippen LogP contribution is 2.36. The summed E-state index contributed by atoms with van der Waals surface area (Å²) in [5.74, 6) is 2.03. The van der Waals surface area contributed by atoms with Crippen molar-refractivity contribution in [3.8, 4) is 17.1 Å². The van der Waals surface area contributed by atoms with Crippen LogP contribution in [0.25, 0.3) is 11.4 Å². The summed E-state index contributed by atoms with van der Waals surface area (Å²) in [6.45, 7) is 0. The van der Waals surface area contributed by atoms with Crippen LogP contribution in [-0.2, 0) is 12.8 Å². The van der Waals surface area contributed by atoms with Crippen LogP contribution >= 0.6 is 0 Å². The second-order valence-corrected chi connectivity index (χ2v) is 9.96. The molecule has 2 aromatic carbocycles. The van der Waals surface area contributed by atoms with Crippen LogP contribution in [0, 0.1) is 11.8 Å². The summed E-state index contributed by atoms with van der Waals surface area (Å²) in [7, 11) is 4.40. The number of hydrogen-bond donors (Lipinski definition) is 0. The van der Waals surface area contributed by atoms with Crippen molar-refractivity contribution in [1.82, 2.24) is 15.0 Å². The maximum Gasteiger partial charge on any atom is 0.573 e. The second-order valence-electron chi connectivity index (χ2n) is 9.96. The lowest BCUT2D eigenvalue weighted by molar-refractivity contribution is -0.274. The zero-order valence-electron chi connectivity index (χ0n) is 20.9. The number of hydrogen-bond acceptors (Lipinski definition) is 5. The topological polar surface area (TPSA) is 51.4 Å². The molecule has 0 amide bonds. The average Bonchev–Trinajstić information content (AvgIpc) is 3.33. The van der Waals surface area contributed by atoms with Gasteiger partial charge in [0, 0.05) is 18.0 Å². The first-order valence-corrected chi connectivity index (χ1v) is 12.7. The zero-order valence-corrected chi connectivity index (χ0v) is 20.9. The molecular weight excluding hydrogens is 467 g/mol. The molecule has 0 spiro atoms. The number of nitrogens with zero attached hydrogens (tertiary/aromatic N) is 3. The molecule has 1 fully saturated rings. The van der Waals surface area contributed by atoms with Gasteiger partial charge in [0.2, 0.25) is 11.7 Å². The van der Waals surface area contributed by atoms with Gasteiger partial charge in [0.1, 0.15) is 5.75 Å². The Morgan fingerprint density at radius 3 is 2.31 bits per heavy atom. The van der Waals surface area contributed by atoms with E-state index in [4.69, 9.17) is 4.52 Å². The summed E-state index contributed by atoms with van der Waals surface area (Å²) < 4.78 is 46.3. The summed E-state index contributed by atoms with van der Waals surface area (Å²) in [5, 5.41) is 4.00. The van der Waals surface area contributed by atoms with Gasteiger partial charge in [0.05, 0.1) is 0 Å². The fourth-order valence-corrected chi connectivity index (χ4v) is 5.34. The highest BCUT2D eigenvalue weighted by Gasteiger charge is 2.31. The van der Waals surface area contributed by atoms with Crippen molar-refractivity contribution in [2.24, 2.45) is 11.8 Å². The molecule has 1 unspecified atom stereocenters. The Morgan fingerprint density at radius 2 is 1.67 bits per heavy atom. The van der Waals surface area contributed by atoms with E-state index in [1.54, 1.807) is 0 Å². The first kappa shape index (κ1) is 26.2. The summed E-state index contributed by atoms with van der Waals surface area (Å²) >= 11 is 0. The van der Waals surface area contributed by atoms with Gasteiger partial charge in [-0.3, -0.25) is 0 Å². The predicted octanol–water partition coefficient (Wildman–Crippen LogP) is 6.94. The van der Waals surface area contributed by atoms with Crippen LogP contribution in [0.15, 0.2) is 59.1 Å². The Labute approximate surface area is 210 Å². The predicted molar refractivity (Wildman–Crippen MR) is 132 cm³/mol. The van der Waals surface area contributed by atoms with E-state index in [9.17, 15) is 13.2 Å². The molecule has 3 aromatic rings. The van der Waals surface area contributed by atoms with Gasteiger partial charge in [-0.15, -0.1) is 13.2 Å². The highest BCUT2D eigenvalue weighted by molar-refractivity contribution is 5.55. The minimum Gasteiger partial charge on any atom is -0.406 e. The SMILES string of the molecule is CN(C)C(CCc1ccccc1)C1CCC(CCc2nc(-c3ccc(OC(F)(F)F)cc3)no2)CC1. The number of alkyl halides is 3. The molecule has 0 radical (unpaired) electrons. The van der Waals surface area contributed by atoms with Crippen molar-refractivity contribution < 1.29 is 22.4 Å². The molecule has 1 heterocycles.